The van der Waals surface area contributed by atoms with E-state index in [0.29, 0.717) is 0 Å². The molecule has 0 atom stereocenters. The van der Waals surface area contributed by atoms with Crippen LogP contribution in [0.1, 0.15) is 20.7 Å². The van der Waals surface area contributed by atoms with Crippen molar-refractivity contribution >= 4 is 11.9 Å². The lowest BCUT2D eigenvalue weighted by molar-refractivity contribution is 0.0599. The number of aromatic carboxylic acids is 1. The van der Waals surface area contributed by atoms with Gasteiger partial charge in [-0.2, -0.15) is 0 Å². The maximum absolute atomic E-state index is 13.6. The zero-order chi connectivity index (χ0) is 15.6. The van der Waals surface area contributed by atoms with Crippen LogP contribution in [0.5, 0.6) is 0 Å². The molecular formula is C15H10F2O4. The van der Waals surface area contributed by atoms with Crippen LogP contribution in [0, 0.1) is 11.6 Å². The molecule has 0 aliphatic heterocycles. The van der Waals surface area contributed by atoms with Gasteiger partial charge in [-0.1, -0.05) is 6.07 Å². The molecular weight excluding hydrogens is 282 g/mol. The summed E-state index contributed by atoms with van der Waals surface area (Å²) in [6.45, 7) is 0. The largest absolute Gasteiger partial charge is 0.478 e. The Morgan fingerprint density at radius 1 is 1.05 bits per heavy atom. The molecule has 1 N–H and O–H groups in total. The van der Waals surface area contributed by atoms with Crippen LogP contribution in [0.25, 0.3) is 11.1 Å². The number of rotatable bonds is 3. The molecule has 21 heavy (non-hydrogen) atoms. The number of carbonyl (C=O) groups is 2. The van der Waals surface area contributed by atoms with Crippen molar-refractivity contribution in [3.05, 3.63) is 59.2 Å². The smallest absolute Gasteiger partial charge is 0.338 e. The van der Waals surface area contributed by atoms with Crippen molar-refractivity contribution in [2.75, 3.05) is 7.11 Å². The van der Waals surface area contributed by atoms with E-state index >= 15 is 0 Å². The van der Waals surface area contributed by atoms with E-state index < -0.39 is 29.1 Å². The molecule has 2 rings (SSSR count). The van der Waals surface area contributed by atoms with Gasteiger partial charge in [0.2, 0.25) is 0 Å². The minimum absolute atomic E-state index is 0.0183. The van der Waals surface area contributed by atoms with Crippen LogP contribution in [0.3, 0.4) is 0 Å². The fourth-order valence-corrected chi connectivity index (χ4v) is 1.86. The second-order valence-corrected chi connectivity index (χ2v) is 4.22. The predicted octanol–water partition coefficient (Wildman–Crippen LogP) is 3.12. The molecule has 0 aliphatic rings. The zero-order valence-corrected chi connectivity index (χ0v) is 10.9. The van der Waals surface area contributed by atoms with Crippen molar-refractivity contribution in [3.63, 3.8) is 0 Å². The number of carboxylic acid groups (broad SMARTS) is 1. The van der Waals surface area contributed by atoms with Gasteiger partial charge < -0.3 is 9.84 Å². The van der Waals surface area contributed by atoms with E-state index in [2.05, 4.69) is 4.74 Å². The highest BCUT2D eigenvalue weighted by molar-refractivity contribution is 5.91. The number of methoxy groups -OCH3 is 1. The number of halogens is 2. The molecule has 0 radical (unpaired) electrons. The van der Waals surface area contributed by atoms with Crippen molar-refractivity contribution in [2.45, 2.75) is 0 Å². The van der Waals surface area contributed by atoms with Crippen LogP contribution in [-0.2, 0) is 4.74 Å². The summed E-state index contributed by atoms with van der Waals surface area (Å²) in [5.41, 5.74) is -0.00745. The fraction of sp³-hybridized carbons (Fsp3) is 0.0667. The van der Waals surface area contributed by atoms with Gasteiger partial charge in [-0.05, 0) is 41.5 Å². The average Bonchev–Trinajstić information content (AvgIpc) is 2.45. The number of hydrogen-bond acceptors (Lipinski definition) is 3. The highest BCUT2D eigenvalue weighted by Gasteiger charge is 2.14. The SMILES string of the molecule is COC(=O)c1cc(F)cc(-c2ccc(C(=O)O)c(F)c2)c1. The predicted molar refractivity (Wildman–Crippen MR) is 70.1 cm³/mol. The van der Waals surface area contributed by atoms with E-state index in [1.807, 2.05) is 0 Å². The van der Waals surface area contributed by atoms with Gasteiger partial charge in [0, 0.05) is 0 Å². The summed E-state index contributed by atoms with van der Waals surface area (Å²) >= 11 is 0. The summed E-state index contributed by atoms with van der Waals surface area (Å²) in [5, 5.41) is 8.76. The molecule has 2 aromatic carbocycles. The van der Waals surface area contributed by atoms with Crippen LogP contribution in [0.15, 0.2) is 36.4 Å². The Bertz CT molecular complexity index is 726. The Morgan fingerprint density at radius 2 is 1.76 bits per heavy atom. The Labute approximate surface area is 118 Å². The first-order chi connectivity index (χ1) is 9.92. The lowest BCUT2D eigenvalue weighted by Crippen LogP contribution is -2.03. The number of carbonyl (C=O) groups excluding carboxylic acids is 1. The Kier molecular flexibility index (Phi) is 3.98. The molecule has 0 aromatic heterocycles. The highest BCUT2D eigenvalue weighted by Crippen LogP contribution is 2.24. The second-order valence-electron chi connectivity index (χ2n) is 4.22. The van der Waals surface area contributed by atoms with Crippen molar-refractivity contribution in [1.29, 1.82) is 0 Å². The Morgan fingerprint density at radius 3 is 2.33 bits per heavy atom. The maximum Gasteiger partial charge on any atom is 0.338 e. The number of esters is 1. The monoisotopic (exact) mass is 292 g/mol. The van der Waals surface area contributed by atoms with Gasteiger partial charge in [0.05, 0.1) is 18.2 Å². The molecule has 2 aromatic rings. The molecule has 6 heteroatoms. The summed E-state index contributed by atoms with van der Waals surface area (Å²) in [6.07, 6.45) is 0. The summed E-state index contributed by atoms with van der Waals surface area (Å²) in [4.78, 5) is 22.2. The van der Waals surface area contributed by atoms with E-state index in [-0.39, 0.29) is 16.7 Å². The molecule has 0 aliphatic carbocycles. The number of carboxylic acids is 1. The van der Waals surface area contributed by atoms with Crippen molar-refractivity contribution in [1.82, 2.24) is 0 Å². The van der Waals surface area contributed by atoms with E-state index in [1.54, 1.807) is 0 Å². The molecule has 0 heterocycles. The third-order valence-corrected chi connectivity index (χ3v) is 2.85. The van der Waals surface area contributed by atoms with Gasteiger partial charge in [-0.3, -0.25) is 0 Å². The first-order valence-corrected chi connectivity index (χ1v) is 5.84. The first-order valence-electron chi connectivity index (χ1n) is 5.84. The van der Waals surface area contributed by atoms with Gasteiger partial charge in [0.15, 0.2) is 0 Å². The van der Waals surface area contributed by atoms with E-state index in [0.717, 1.165) is 31.4 Å². The van der Waals surface area contributed by atoms with Crippen molar-refractivity contribution in [2.24, 2.45) is 0 Å². The van der Waals surface area contributed by atoms with Crippen LogP contribution in [0.4, 0.5) is 8.78 Å². The van der Waals surface area contributed by atoms with Gasteiger partial charge in [-0.15, -0.1) is 0 Å². The standard InChI is InChI=1S/C15H10F2O4/c1-21-15(20)10-4-9(5-11(16)6-10)8-2-3-12(14(18)19)13(17)7-8/h2-7H,1H3,(H,18,19). The summed E-state index contributed by atoms with van der Waals surface area (Å²) < 4.78 is 31.7. The van der Waals surface area contributed by atoms with Gasteiger partial charge >= 0.3 is 11.9 Å². The third-order valence-electron chi connectivity index (χ3n) is 2.85. The first kappa shape index (κ1) is 14.6. The molecule has 0 fully saturated rings. The topological polar surface area (TPSA) is 63.6 Å². The molecule has 0 unspecified atom stereocenters. The summed E-state index contributed by atoms with van der Waals surface area (Å²) in [6, 6.07) is 6.83. The zero-order valence-electron chi connectivity index (χ0n) is 10.9. The van der Waals surface area contributed by atoms with E-state index in [4.69, 9.17) is 5.11 Å². The quantitative estimate of drug-likeness (QED) is 0.883. The molecule has 0 bridgehead atoms. The van der Waals surface area contributed by atoms with E-state index in [1.165, 1.54) is 12.1 Å². The number of benzene rings is 2. The fourth-order valence-electron chi connectivity index (χ4n) is 1.86. The second kappa shape index (κ2) is 5.70. The number of hydrogen-bond donors (Lipinski definition) is 1. The molecule has 108 valence electrons. The van der Waals surface area contributed by atoms with E-state index in [9.17, 15) is 18.4 Å². The normalized spacial score (nSPS) is 10.2. The molecule has 0 saturated heterocycles. The van der Waals surface area contributed by atoms with Gasteiger partial charge in [-0.25, -0.2) is 18.4 Å². The molecule has 0 saturated carbocycles. The Balaban J connectivity index is 2.51. The highest BCUT2D eigenvalue weighted by atomic mass is 19.1. The van der Waals surface area contributed by atoms with Crippen molar-refractivity contribution in [3.8, 4) is 11.1 Å². The van der Waals surface area contributed by atoms with Crippen LogP contribution in [-0.4, -0.2) is 24.2 Å². The van der Waals surface area contributed by atoms with Gasteiger partial charge in [0.1, 0.15) is 11.6 Å². The Hall–Kier alpha value is -2.76. The molecule has 0 spiro atoms. The van der Waals surface area contributed by atoms with Crippen molar-refractivity contribution < 1.29 is 28.2 Å². The molecule has 0 amide bonds. The maximum atomic E-state index is 13.6. The van der Waals surface area contributed by atoms with Crippen LogP contribution >= 0.6 is 0 Å². The lowest BCUT2D eigenvalue weighted by Gasteiger charge is -2.07. The van der Waals surface area contributed by atoms with Gasteiger partial charge in [0.25, 0.3) is 0 Å². The number of ether oxygens (including phenoxy) is 1. The molecule has 4 nitrogen and oxygen atoms in total. The lowest BCUT2D eigenvalue weighted by atomic mass is 10.0. The average molecular weight is 292 g/mol. The third kappa shape index (κ3) is 3.05. The summed E-state index contributed by atoms with van der Waals surface area (Å²) in [5.74, 6) is -3.74. The summed E-state index contributed by atoms with van der Waals surface area (Å²) in [7, 11) is 1.16. The van der Waals surface area contributed by atoms with Crippen LogP contribution in [0.2, 0.25) is 0 Å². The van der Waals surface area contributed by atoms with Crippen LogP contribution < -0.4 is 0 Å². The minimum atomic E-state index is -1.39. The minimum Gasteiger partial charge on any atom is -0.478 e.